The van der Waals surface area contributed by atoms with Crippen LogP contribution in [-0.2, 0) is 9.47 Å². The Morgan fingerprint density at radius 1 is 1.06 bits per heavy atom. The molecule has 0 saturated carbocycles. The number of hydrogen-bond donors (Lipinski definition) is 0. The lowest BCUT2D eigenvalue weighted by Gasteiger charge is -2.17. The molecule has 92 valence electrons. The van der Waals surface area contributed by atoms with E-state index in [1.807, 2.05) is 0 Å². The summed E-state index contributed by atoms with van der Waals surface area (Å²) in [6.07, 6.45) is 0. The van der Waals surface area contributed by atoms with Crippen molar-refractivity contribution < 1.29 is 19.1 Å². The first-order valence-electron chi connectivity index (χ1n) is 4.99. The molecule has 0 bridgehead atoms. The van der Waals surface area contributed by atoms with Gasteiger partial charge in [0.1, 0.15) is 0 Å². The van der Waals surface area contributed by atoms with Gasteiger partial charge >= 0.3 is 11.9 Å². The van der Waals surface area contributed by atoms with Crippen molar-refractivity contribution in [2.45, 2.75) is 0 Å². The number of hydrogen-bond acceptors (Lipinski definition) is 5. The van der Waals surface area contributed by atoms with Crippen LogP contribution >= 0.6 is 0 Å². The zero-order valence-corrected chi connectivity index (χ0v) is 10.3. The fourth-order valence-corrected chi connectivity index (χ4v) is 1.43. The molecule has 1 rings (SSSR count). The number of rotatable bonds is 3. The lowest BCUT2D eigenvalue weighted by Crippen LogP contribution is -2.16. The molecule has 5 nitrogen and oxygen atoms in total. The molecule has 0 radical (unpaired) electrons. The second-order valence-corrected chi connectivity index (χ2v) is 3.61. The predicted molar refractivity (Wildman–Crippen MR) is 63.4 cm³/mol. The van der Waals surface area contributed by atoms with Crippen LogP contribution in [-0.4, -0.2) is 40.3 Å². The van der Waals surface area contributed by atoms with Crippen molar-refractivity contribution in [3.63, 3.8) is 0 Å². The first kappa shape index (κ1) is 13.0. The molecule has 0 aromatic heterocycles. The Balaban J connectivity index is 3.26. The smallest absolute Gasteiger partial charge is 0.339 e. The lowest BCUT2D eigenvalue weighted by molar-refractivity contribution is 0.0587. The molecule has 0 aliphatic heterocycles. The van der Waals surface area contributed by atoms with Gasteiger partial charge in [-0.2, -0.15) is 0 Å². The summed E-state index contributed by atoms with van der Waals surface area (Å²) in [5.41, 5.74) is 1.41. The molecule has 1 aromatic rings. The van der Waals surface area contributed by atoms with Gasteiger partial charge in [0, 0.05) is 14.1 Å². The van der Waals surface area contributed by atoms with E-state index in [4.69, 9.17) is 0 Å². The van der Waals surface area contributed by atoms with E-state index >= 15 is 0 Å². The second-order valence-electron chi connectivity index (χ2n) is 3.61. The molecular weight excluding hydrogens is 222 g/mol. The first-order chi connectivity index (χ1) is 8.01. The van der Waals surface area contributed by atoms with Crippen LogP contribution in [0.3, 0.4) is 0 Å². The Morgan fingerprint density at radius 2 is 1.65 bits per heavy atom. The normalized spacial score (nSPS) is 9.65. The Labute approximate surface area is 99.9 Å². The molecule has 17 heavy (non-hydrogen) atoms. The third-order valence-electron chi connectivity index (χ3n) is 2.31. The number of methoxy groups -OCH3 is 2. The summed E-state index contributed by atoms with van der Waals surface area (Å²) in [6.45, 7) is 0. The molecule has 0 spiro atoms. The minimum atomic E-state index is -0.440. The van der Waals surface area contributed by atoms with Crippen molar-refractivity contribution in [2.75, 3.05) is 33.2 Å². The third kappa shape index (κ3) is 2.75. The van der Waals surface area contributed by atoms with Gasteiger partial charge in [0.2, 0.25) is 0 Å². The predicted octanol–water partition coefficient (Wildman–Crippen LogP) is 1.33. The highest BCUT2D eigenvalue weighted by Gasteiger charge is 2.16. The lowest BCUT2D eigenvalue weighted by atomic mass is 10.1. The number of anilines is 1. The SMILES string of the molecule is COC(=O)c1ccc(C(=O)OC)c(N(C)C)c1. The number of carbonyl (C=O) groups excluding carboxylic acids is 2. The zero-order valence-electron chi connectivity index (χ0n) is 10.3. The summed E-state index contributed by atoms with van der Waals surface area (Å²) in [5.74, 6) is -0.880. The Bertz CT molecular complexity index is 440. The maximum absolute atomic E-state index is 11.5. The maximum atomic E-state index is 11.5. The summed E-state index contributed by atoms with van der Waals surface area (Å²) in [6, 6.07) is 4.68. The van der Waals surface area contributed by atoms with Gasteiger partial charge < -0.3 is 14.4 Å². The van der Waals surface area contributed by atoms with Gasteiger partial charge in [-0.3, -0.25) is 0 Å². The van der Waals surface area contributed by atoms with Crippen molar-refractivity contribution in [3.05, 3.63) is 29.3 Å². The van der Waals surface area contributed by atoms with Crippen LogP contribution in [0, 0.1) is 0 Å². The van der Waals surface area contributed by atoms with Gasteiger partial charge in [-0.1, -0.05) is 0 Å². The standard InChI is InChI=1S/C12H15NO4/c1-13(2)10-7-8(11(14)16-3)5-6-9(10)12(15)17-4/h5-7H,1-4H3. The highest BCUT2D eigenvalue weighted by molar-refractivity contribution is 5.99. The van der Waals surface area contributed by atoms with Crippen LogP contribution in [0.15, 0.2) is 18.2 Å². The average Bonchev–Trinajstić information content (AvgIpc) is 2.35. The Kier molecular flexibility index (Phi) is 4.09. The zero-order chi connectivity index (χ0) is 13.0. The van der Waals surface area contributed by atoms with Crippen molar-refractivity contribution in [1.29, 1.82) is 0 Å². The molecule has 0 fully saturated rings. The summed E-state index contributed by atoms with van der Waals surface area (Å²) in [5, 5.41) is 0. The summed E-state index contributed by atoms with van der Waals surface area (Å²) < 4.78 is 9.30. The molecule has 0 heterocycles. The number of carbonyl (C=O) groups is 2. The van der Waals surface area contributed by atoms with Crippen LogP contribution in [0.1, 0.15) is 20.7 Å². The minimum absolute atomic E-state index is 0.392. The van der Waals surface area contributed by atoms with E-state index in [1.54, 1.807) is 31.1 Å². The van der Waals surface area contributed by atoms with Gasteiger partial charge in [0.15, 0.2) is 0 Å². The van der Waals surface area contributed by atoms with E-state index in [0.717, 1.165) is 0 Å². The van der Waals surface area contributed by atoms with E-state index in [-0.39, 0.29) is 0 Å². The van der Waals surface area contributed by atoms with Crippen molar-refractivity contribution in [3.8, 4) is 0 Å². The first-order valence-corrected chi connectivity index (χ1v) is 4.99. The van der Waals surface area contributed by atoms with Gasteiger partial charge in [0.05, 0.1) is 31.0 Å². The number of ether oxygens (including phenoxy) is 2. The fourth-order valence-electron chi connectivity index (χ4n) is 1.43. The van der Waals surface area contributed by atoms with E-state index in [9.17, 15) is 9.59 Å². The highest BCUT2D eigenvalue weighted by atomic mass is 16.5. The number of benzene rings is 1. The molecular formula is C12H15NO4. The van der Waals surface area contributed by atoms with E-state index in [1.165, 1.54) is 20.3 Å². The molecule has 0 amide bonds. The molecule has 5 heteroatoms. The van der Waals surface area contributed by atoms with Crippen LogP contribution in [0.2, 0.25) is 0 Å². The fraction of sp³-hybridized carbons (Fsp3) is 0.333. The Hall–Kier alpha value is -2.04. The average molecular weight is 237 g/mol. The monoisotopic (exact) mass is 237 g/mol. The molecule has 0 atom stereocenters. The van der Waals surface area contributed by atoms with Gasteiger partial charge in [0.25, 0.3) is 0 Å². The number of nitrogens with zero attached hydrogens (tertiary/aromatic N) is 1. The third-order valence-corrected chi connectivity index (χ3v) is 2.31. The summed E-state index contributed by atoms with van der Waals surface area (Å²) >= 11 is 0. The summed E-state index contributed by atoms with van der Waals surface area (Å²) in [4.78, 5) is 24.6. The largest absolute Gasteiger partial charge is 0.465 e. The molecule has 0 saturated heterocycles. The van der Waals surface area contributed by atoms with Crippen LogP contribution in [0.4, 0.5) is 5.69 Å². The molecule has 0 aliphatic rings. The molecule has 1 aromatic carbocycles. The maximum Gasteiger partial charge on any atom is 0.339 e. The van der Waals surface area contributed by atoms with Crippen molar-refractivity contribution >= 4 is 17.6 Å². The Morgan fingerprint density at radius 3 is 2.12 bits per heavy atom. The van der Waals surface area contributed by atoms with Crippen LogP contribution in [0.25, 0.3) is 0 Å². The summed E-state index contributed by atoms with van der Waals surface area (Å²) in [7, 11) is 6.19. The van der Waals surface area contributed by atoms with E-state index in [0.29, 0.717) is 16.8 Å². The second kappa shape index (κ2) is 5.34. The molecule has 0 unspecified atom stereocenters. The van der Waals surface area contributed by atoms with Gasteiger partial charge in [-0.05, 0) is 18.2 Å². The topological polar surface area (TPSA) is 55.8 Å². The molecule has 0 N–H and O–H groups in total. The molecule has 0 aliphatic carbocycles. The van der Waals surface area contributed by atoms with Gasteiger partial charge in [-0.25, -0.2) is 9.59 Å². The highest BCUT2D eigenvalue weighted by Crippen LogP contribution is 2.21. The van der Waals surface area contributed by atoms with E-state index in [2.05, 4.69) is 9.47 Å². The number of esters is 2. The van der Waals surface area contributed by atoms with Crippen LogP contribution in [0.5, 0.6) is 0 Å². The van der Waals surface area contributed by atoms with Crippen molar-refractivity contribution in [1.82, 2.24) is 0 Å². The minimum Gasteiger partial charge on any atom is -0.465 e. The van der Waals surface area contributed by atoms with E-state index < -0.39 is 11.9 Å². The van der Waals surface area contributed by atoms with Crippen LogP contribution < -0.4 is 4.90 Å². The quantitative estimate of drug-likeness (QED) is 0.742. The van der Waals surface area contributed by atoms with Crippen molar-refractivity contribution in [2.24, 2.45) is 0 Å². The van der Waals surface area contributed by atoms with Gasteiger partial charge in [-0.15, -0.1) is 0 Å².